The fourth-order valence-electron chi connectivity index (χ4n) is 3.18. The van der Waals surface area contributed by atoms with Gasteiger partial charge in [0.1, 0.15) is 18.0 Å². The fourth-order valence-corrected chi connectivity index (χ4v) is 6.22. The number of amides is 1. The van der Waals surface area contributed by atoms with E-state index in [4.69, 9.17) is 18.9 Å². The molecule has 0 bridgehead atoms. The Hall–Kier alpha value is -3.76. The lowest BCUT2D eigenvalue weighted by molar-refractivity contribution is -0.137. The lowest BCUT2D eigenvalue weighted by Crippen LogP contribution is -2.38. The highest BCUT2D eigenvalue weighted by molar-refractivity contribution is 8.01. The van der Waals surface area contributed by atoms with Gasteiger partial charge in [-0.3, -0.25) is 19.2 Å². The van der Waals surface area contributed by atoms with Crippen LogP contribution in [0.25, 0.3) is 0 Å². The summed E-state index contributed by atoms with van der Waals surface area (Å²) in [5, 5.41) is 10.5. The van der Waals surface area contributed by atoms with Crippen molar-refractivity contribution < 1.29 is 41.7 Å². The summed E-state index contributed by atoms with van der Waals surface area (Å²) in [6.07, 6.45) is 0. The summed E-state index contributed by atoms with van der Waals surface area (Å²) in [7, 11) is 2.52. The SMILES string of the molecule is COC(=O)CSc1nnc(NC(=O)CN(c2cc(OC)ccc2OC)S(=O)(=O)c2ccc(OC)c(OC)c2)s1. The van der Waals surface area contributed by atoms with Crippen molar-refractivity contribution in [1.82, 2.24) is 10.2 Å². The number of aromatic nitrogens is 2. The van der Waals surface area contributed by atoms with Gasteiger partial charge in [0.15, 0.2) is 15.8 Å². The summed E-state index contributed by atoms with van der Waals surface area (Å²) < 4.78 is 54.9. The molecule has 1 N–H and O–H groups in total. The first-order chi connectivity index (χ1) is 18.7. The molecule has 3 rings (SSSR count). The normalized spacial score (nSPS) is 10.9. The molecule has 210 valence electrons. The minimum Gasteiger partial charge on any atom is -0.497 e. The molecule has 1 aromatic heterocycles. The van der Waals surface area contributed by atoms with Crippen molar-refractivity contribution in [2.24, 2.45) is 0 Å². The Morgan fingerprint density at radius 1 is 0.923 bits per heavy atom. The predicted octanol–water partition coefficient (Wildman–Crippen LogP) is 2.67. The third-order valence-electron chi connectivity index (χ3n) is 5.08. The number of rotatable bonds is 13. The van der Waals surface area contributed by atoms with Crippen molar-refractivity contribution in [2.75, 3.05) is 57.5 Å². The minimum atomic E-state index is -4.36. The van der Waals surface area contributed by atoms with Crippen LogP contribution in [0, 0.1) is 0 Å². The molecule has 0 saturated heterocycles. The minimum absolute atomic E-state index is 0.0199. The van der Waals surface area contributed by atoms with Gasteiger partial charge in [-0.2, -0.15) is 0 Å². The van der Waals surface area contributed by atoms with Crippen LogP contribution in [0.3, 0.4) is 0 Å². The van der Waals surface area contributed by atoms with Crippen LogP contribution in [-0.4, -0.2) is 78.3 Å². The number of benzene rings is 2. The van der Waals surface area contributed by atoms with Gasteiger partial charge in [0.25, 0.3) is 10.0 Å². The molecule has 1 heterocycles. The number of anilines is 2. The number of nitrogens with zero attached hydrogens (tertiary/aromatic N) is 3. The van der Waals surface area contributed by atoms with E-state index >= 15 is 0 Å². The van der Waals surface area contributed by atoms with Gasteiger partial charge in [-0.25, -0.2) is 8.42 Å². The van der Waals surface area contributed by atoms with Crippen molar-refractivity contribution in [1.29, 1.82) is 0 Å². The highest BCUT2D eigenvalue weighted by Crippen LogP contribution is 2.37. The fraction of sp³-hybridized carbons (Fsp3) is 0.304. The van der Waals surface area contributed by atoms with E-state index in [2.05, 4.69) is 20.3 Å². The van der Waals surface area contributed by atoms with E-state index in [9.17, 15) is 18.0 Å². The summed E-state index contributed by atoms with van der Waals surface area (Å²) in [6, 6.07) is 8.64. The molecule has 0 atom stereocenters. The smallest absolute Gasteiger partial charge is 0.316 e. The van der Waals surface area contributed by atoms with Crippen LogP contribution >= 0.6 is 23.1 Å². The molecule has 1 amide bonds. The van der Waals surface area contributed by atoms with Crippen LogP contribution in [0.2, 0.25) is 0 Å². The molecule has 0 aliphatic heterocycles. The first-order valence-electron chi connectivity index (χ1n) is 11.0. The van der Waals surface area contributed by atoms with Gasteiger partial charge in [-0.05, 0) is 24.3 Å². The Morgan fingerprint density at radius 2 is 1.62 bits per heavy atom. The number of methoxy groups -OCH3 is 5. The first kappa shape index (κ1) is 29.8. The number of sulfonamides is 1. The molecule has 0 fully saturated rings. The van der Waals surface area contributed by atoms with Gasteiger partial charge >= 0.3 is 5.97 Å². The lowest BCUT2D eigenvalue weighted by Gasteiger charge is -2.26. The van der Waals surface area contributed by atoms with Crippen LogP contribution in [0.5, 0.6) is 23.0 Å². The van der Waals surface area contributed by atoms with Gasteiger partial charge in [-0.15, -0.1) is 10.2 Å². The van der Waals surface area contributed by atoms with Crippen molar-refractivity contribution in [3.63, 3.8) is 0 Å². The standard InChI is InChI=1S/C23H26N4O9S3/c1-32-14-6-8-17(33-2)16(10-14)27(39(30,31)15-7-9-18(34-3)19(11-15)35-4)12-20(28)24-22-25-26-23(38-22)37-13-21(29)36-5/h6-11H,12-13H2,1-5H3,(H,24,25,28). The predicted molar refractivity (Wildman–Crippen MR) is 145 cm³/mol. The number of ether oxygens (including phenoxy) is 5. The number of esters is 1. The van der Waals surface area contributed by atoms with Crippen LogP contribution in [-0.2, 0) is 24.3 Å². The number of hydrogen-bond donors (Lipinski definition) is 1. The highest BCUT2D eigenvalue weighted by Gasteiger charge is 2.31. The molecule has 39 heavy (non-hydrogen) atoms. The molecule has 16 heteroatoms. The molecular weight excluding hydrogens is 572 g/mol. The molecule has 3 aromatic rings. The molecule has 2 aromatic carbocycles. The molecule has 0 radical (unpaired) electrons. The monoisotopic (exact) mass is 598 g/mol. The van der Waals surface area contributed by atoms with E-state index in [1.54, 1.807) is 6.07 Å². The molecule has 0 unspecified atom stereocenters. The summed E-state index contributed by atoms with van der Waals surface area (Å²) in [6.45, 7) is -0.648. The molecule has 0 saturated carbocycles. The number of nitrogens with one attached hydrogen (secondary N) is 1. The maximum absolute atomic E-state index is 13.9. The van der Waals surface area contributed by atoms with Crippen molar-refractivity contribution >= 4 is 55.8 Å². The zero-order valence-corrected chi connectivity index (χ0v) is 24.1. The van der Waals surface area contributed by atoms with Gasteiger partial charge in [0.05, 0.1) is 51.9 Å². The first-order valence-corrected chi connectivity index (χ1v) is 14.2. The lowest BCUT2D eigenvalue weighted by atomic mass is 10.2. The second-order valence-electron chi connectivity index (χ2n) is 7.35. The van der Waals surface area contributed by atoms with E-state index in [0.717, 1.165) is 27.4 Å². The molecule has 0 spiro atoms. The van der Waals surface area contributed by atoms with Crippen LogP contribution in [0.4, 0.5) is 10.8 Å². The van der Waals surface area contributed by atoms with Gasteiger partial charge in [-0.1, -0.05) is 23.1 Å². The third-order valence-corrected chi connectivity index (χ3v) is 8.78. The van der Waals surface area contributed by atoms with Crippen LogP contribution in [0.15, 0.2) is 45.6 Å². The Morgan fingerprint density at radius 3 is 2.26 bits per heavy atom. The van der Waals surface area contributed by atoms with Crippen LogP contribution in [0.1, 0.15) is 0 Å². The van der Waals surface area contributed by atoms with Crippen LogP contribution < -0.4 is 28.6 Å². The van der Waals surface area contributed by atoms with Gasteiger partial charge < -0.3 is 23.7 Å². The maximum Gasteiger partial charge on any atom is 0.316 e. The molecule has 0 aliphatic carbocycles. The Balaban J connectivity index is 1.97. The summed E-state index contributed by atoms with van der Waals surface area (Å²) in [4.78, 5) is 24.3. The van der Waals surface area contributed by atoms with Crippen molar-refractivity contribution in [3.05, 3.63) is 36.4 Å². The quantitative estimate of drug-likeness (QED) is 0.175. The van der Waals surface area contributed by atoms with E-state index in [-0.39, 0.29) is 33.0 Å². The Bertz CT molecular complexity index is 1430. The summed E-state index contributed by atoms with van der Waals surface area (Å²) in [5.74, 6) is -0.0800. The van der Waals surface area contributed by atoms with E-state index in [1.807, 2.05) is 0 Å². The average Bonchev–Trinajstić information content (AvgIpc) is 3.40. The summed E-state index contributed by atoms with van der Waals surface area (Å²) >= 11 is 2.11. The molecule has 0 aliphatic rings. The maximum atomic E-state index is 13.9. The van der Waals surface area contributed by atoms with E-state index < -0.39 is 28.4 Å². The van der Waals surface area contributed by atoms with Crippen molar-refractivity contribution in [2.45, 2.75) is 9.24 Å². The second kappa shape index (κ2) is 13.3. The largest absolute Gasteiger partial charge is 0.497 e. The third kappa shape index (κ3) is 7.21. The van der Waals surface area contributed by atoms with Crippen molar-refractivity contribution in [3.8, 4) is 23.0 Å². The van der Waals surface area contributed by atoms with E-state index in [1.165, 1.54) is 65.9 Å². The van der Waals surface area contributed by atoms with E-state index in [0.29, 0.717) is 15.8 Å². The number of carbonyl (C=O) groups excluding carboxylic acids is 2. The summed E-state index contributed by atoms with van der Waals surface area (Å²) in [5.41, 5.74) is 0.0633. The number of hydrogen-bond acceptors (Lipinski definition) is 13. The molecular formula is C23H26N4O9S3. The average molecular weight is 599 g/mol. The number of carbonyl (C=O) groups is 2. The zero-order chi connectivity index (χ0) is 28.6. The highest BCUT2D eigenvalue weighted by atomic mass is 32.2. The second-order valence-corrected chi connectivity index (χ2v) is 11.4. The zero-order valence-electron chi connectivity index (χ0n) is 21.6. The Labute approximate surface area is 233 Å². The number of thioether (sulfide) groups is 1. The van der Waals surface area contributed by atoms with Gasteiger partial charge in [0, 0.05) is 12.1 Å². The van der Waals surface area contributed by atoms with Gasteiger partial charge in [0.2, 0.25) is 11.0 Å². The Kier molecular flexibility index (Phi) is 10.2. The topological polar surface area (TPSA) is 155 Å². The molecule has 13 nitrogen and oxygen atoms in total.